The highest BCUT2D eigenvalue weighted by molar-refractivity contribution is 6.96. The molecule has 0 unspecified atom stereocenters. The van der Waals surface area contributed by atoms with Gasteiger partial charge < -0.3 is 4.74 Å². The van der Waals surface area contributed by atoms with Gasteiger partial charge in [-0.05, 0) is 28.8 Å². The van der Waals surface area contributed by atoms with E-state index in [1.165, 1.54) is 4.57 Å². The maximum absolute atomic E-state index is 12.6. The van der Waals surface area contributed by atoms with Gasteiger partial charge in [0.05, 0.1) is 5.02 Å². The average Bonchev–Trinajstić information content (AvgIpc) is 2.56. The fourth-order valence-corrected chi connectivity index (χ4v) is 11.8. The van der Waals surface area contributed by atoms with Crippen LogP contribution in [0.5, 0.6) is 5.75 Å². The highest BCUT2D eigenvalue weighted by atomic mass is 35.5. The number of halogens is 1. The summed E-state index contributed by atoms with van der Waals surface area (Å²) in [5.74, 6) is 0.529. The van der Waals surface area contributed by atoms with Gasteiger partial charge in [0.2, 0.25) is 0 Å². The average molecular weight is 391 g/mol. The van der Waals surface area contributed by atoms with Crippen molar-refractivity contribution in [2.24, 2.45) is 0 Å². The molecule has 1 aromatic heterocycles. The number of carbonyl (C=O) groups excluding carboxylic acids is 1. The van der Waals surface area contributed by atoms with Gasteiger partial charge in [0.15, 0.2) is 12.4 Å². The second-order valence-corrected chi connectivity index (χ2v) is 14.0. The van der Waals surface area contributed by atoms with E-state index in [0.29, 0.717) is 22.4 Å². The number of hydrogen-bond donors (Lipinski definition) is 0. The summed E-state index contributed by atoms with van der Waals surface area (Å²) in [6, 6.07) is 10.9. The van der Waals surface area contributed by atoms with Crippen LogP contribution in [-0.4, -0.2) is 14.2 Å². The molecular formula is C21H29ClNO2Si+. The standard InChI is InChI=1S/C21H29ClNO2Si/c1-15(2)26(16(3)4,17(5)6)20-14-23(13-12-19(20)22)21(24)25-18-10-8-7-9-11-18/h7-17H,1-6H3/q+1. The van der Waals surface area contributed by atoms with E-state index in [1.807, 2.05) is 30.5 Å². The molecule has 0 saturated carbocycles. The zero-order valence-electron chi connectivity index (χ0n) is 16.5. The largest absolute Gasteiger partial charge is 0.607 e. The van der Waals surface area contributed by atoms with Crippen molar-refractivity contribution in [3.63, 3.8) is 0 Å². The predicted molar refractivity (Wildman–Crippen MR) is 110 cm³/mol. The van der Waals surface area contributed by atoms with Crippen LogP contribution >= 0.6 is 11.6 Å². The molecule has 2 aromatic rings. The van der Waals surface area contributed by atoms with E-state index in [2.05, 4.69) is 41.5 Å². The molecule has 0 amide bonds. The number of nitrogens with zero attached hydrogens (tertiary/aromatic N) is 1. The molecule has 1 heterocycles. The molecular weight excluding hydrogens is 362 g/mol. The summed E-state index contributed by atoms with van der Waals surface area (Å²) in [5, 5.41) is 1.88. The van der Waals surface area contributed by atoms with E-state index in [0.717, 1.165) is 10.2 Å². The Balaban J connectivity index is 2.50. The zero-order valence-corrected chi connectivity index (χ0v) is 18.2. The third kappa shape index (κ3) is 3.86. The van der Waals surface area contributed by atoms with E-state index in [4.69, 9.17) is 16.3 Å². The van der Waals surface area contributed by atoms with Crippen molar-refractivity contribution in [1.82, 2.24) is 0 Å². The van der Waals surface area contributed by atoms with Crippen LogP contribution in [-0.2, 0) is 0 Å². The molecule has 0 N–H and O–H groups in total. The normalized spacial score (nSPS) is 12.1. The lowest BCUT2D eigenvalue weighted by Crippen LogP contribution is -2.59. The first-order valence-corrected chi connectivity index (χ1v) is 11.8. The molecule has 0 bridgehead atoms. The fourth-order valence-electron chi connectivity index (χ4n) is 4.49. The minimum atomic E-state index is -1.98. The number of benzene rings is 1. The van der Waals surface area contributed by atoms with Crippen molar-refractivity contribution >= 4 is 31.0 Å². The van der Waals surface area contributed by atoms with Crippen molar-refractivity contribution in [3.05, 3.63) is 53.8 Å². The first-order chi connectivity index (χ1) is 12.2. The van der Waals surface area contributed by atoms with Gasteiger partial charge in [-0.1, -0.05) is 75.9 Å². The van der Waals surface area contributed by atoms with Crippen LogP contribution in [0.1, 0.15) is 41.5 Å². The van der Waals surface area contributed by atoms with Crippen LogP contribution in [0.15, 0.2) is 48.8 Å². The molecule has 0 radical (unpaired) electrons. The summed E-state index contributed by atoms with van der Waals surface area (Å²) in [6.45, 7) is 13.7. The van der Waals surface area contributed by atoms with Gasteiger partial charge in [0, 0.05) is 11.3 Å². The van der Waals surface area contributed by atoms with Crippen molar-refractivity contribution in [2.45, 2.75) is 58.2 Å². The molecule has 0 atom stereocenters. The molecule has 26 heavy (non-hydrogen) atoms. The van der Waals surface area contributed by atoms with Gasteiger partial charge in [-0.15, -0.1) is 0 Å². The van der Waals surface area contributed by atoms with Crippen molar-refractivity contribution in [3.8, 4) is 5.75 Å². The second kappa shape index (κ2) is 8.36. The molecule has 140 valence electrons. The smallest absolute Gasteiger partial charge is 0.372 e. The lowest BCUT2D eigenvalue weighted by molar-refractivity contribution is -0.581. The summed E-state index contributed by atoms with van der Waals surface area (Å²) >= 11 is 6.65. The van der Waals surface area contributed by atoms with Crippen LogP contribution in [0.4, 0.5) is 4.79 Å². The molecule has 0 spiro atoms. The van der Waals surface area contributed by atoms with Crippen LogP contribution < -0.4 is 14.5 Å². The maximum Gasteiger partial charge on any atom is 0.607 e. The van der Waals surface area contributed by atoms with E-state index in [9.17, 15) is 4.79 Å². The Morgan fingerprint density at radius 1 is 0.962 bits per heavy atom. The highest BCUT2D eigenvalue weighted by Crippen LogP contribution is 2.41. The topological polar surface area (TPSA) is 30.2 Å². The van der Waals surface area contributed by atoms with Crippen LogP contribution in [0, 0.1) is 0 Å². The quantitative estimate of drug-likeness (QED) is 0.494. The Morgan fingerprint density at radius 2 is 1.50 bits per heavy atom. The second-order valence-electron chi connectivity index (χ2n) is 7.69. The third-order valence-electron chi connectivity index (χ3n) is 5.40. The summed E-state index contributed by atoms with van der Waals surface area (Å²) in [5.41, 5.74) is 1.50. The third-order valence-corrected chi connectivity index (χ3v) is 13.0. The van der Waals surface area contributed by atoms with Crippen LogP contribution in [0.25, 0.3) is 0 Å². The summed E-state index contributed by atoms with van der Waals surface area (Å²) < 4.78 is 7.00. The lowest BCUT2D eigenvalue weighted by atomic mass is 10.3. The molecule has 2 rings (SSSR count). The Morgan fingerprint density at radius 3 is 2.00 bits per heavy atom. The van der Waals surface area contributed by atoms with E-state index >= 15 is 0 Å². The van der Waals surface area contributed by atoms with Gasteiger partial charge >= 0.3 is 6.09 Å². The number of carbonyl (C=O) groups is 1. The van der Waals surface area contributed by atoms with E-state index in [1.54, 1.807) is 18.3 Å². The Hall–Kier alpha value is -1.65. The van der Waals surface area contributed by atoms with E-state index in [-0.39, 0.29) is 0 Å². The summed E-state index contributed by atoms with van der Waals surface area (Å²) in [6.07, 6.45) is 3.16. The molecule has 0 aliphatic carbocycles. The van der Waals surface area contributed by atoms with Gasteiger partial charge in [-0.2, -0.15) is 4.79 Å². The molecule has 0 saturated heterocycles. The Kier molecular flexibility index (Phi) is 6.64. The Bertz CT molecular complexity index is 738. The molecule has 1 aromatic carbocycles. The lowest BCUT2D eigenvalue weighted by Gasteiger charge is -2.42. The van der Waals surface area contributed by atoms with Crippen molar-refractivity contribution in [2.75, 3.05) is 0 Å². The minimum Gasteiger partial charge on any atom is -0.372 e. The highest BCUT2D eigenvalue weighted by Gasteiger charge is 2.47. The van der Waals surface area contributed by atoms with Gasteiger partial charge in [0.1, 0.15) is 13.8 Å². The SMILES string of the molecule is CC(C)[Si](c1c[n+](C(=O)Oc2ccccc2)ccc1Cl)(C(C)C)C(C)C. The van der Waals surface area contributed by atoms with Gasteiger partial charge in [-0.3, -0.25) is 0 Å². The number of para-hydroxylation sites is 1. The number of aromatic nitrogens is 1. The Labute approximate surface area is 163 Å². The van der Waals surface area contributed by atoms with Crippen LogP contribution in [0.2, 0.25) is 21.6 Å². The molecule has 3 nitrogen and oxygen atoms in total. The van der Waals surface area contributed by atoms with Crippen molar-refractivity contribution < 1.29 is 14.1 Å². The summed E-state index contributed by atoms with van der Waals surface area (Å²) in [7, 11) is -1.98. The number of rotatable bonds is 5. The summed E-state index contributed by atoms with van der Waals surface area (Å²) in [4.78, 5) is 12.6. The predicted octanol–water partition coefficient (Wildman–Crippen LogP) is 5.56. The monoisotopic (exact) mass is 390 g/mol. The number of ether oxygens (including phenoxy) is 1. The molecule has 0 fully saturated rings. The first kappa shape index (κ1) is 20.7. The minimum absolute atomic E-state index is 0.423. The molecule has 5 heteroatoms. The van der Waals surface area contributed by atoms with Crippen LogP contribution in [0.3, 0.4) is 0 Å². The van der Waals surface area contributed by atoms with Gasteiger partial charge in [-0.25, -0.2) is 0 Å². The first-order valence-electron chi connectivity index (χ1n) is 9.19. The van der Waals surface area contributed by atoms with E-state index < -0.39 is 14.2 Å². The molecule has 0 aliphatic rings. The number of hydrogen-bond acceptors (Lipinski definition) is 2. The van der Waals surface area contributed by atoms with Gasteiger partial charge in [0.25, 0.3) is 0 Å². The maximum atomic E-state index is 12.6. The fraction of sp³-hybridized carbons (Fsp3) is 0.429. The zero-order chi connectivity index (χ0) is 19.5. The molecule has 0 aliphatic heterocycles. The number of pyridine rings is 1. The van der Waals surface area contributed by atoms with Crippen molar-refractivity contribution in [1.29, 1.82) is 0 Å².